The molecular weight excluding hydrogens is 266 g/mol. The van der Waals surface area contributed by atoms with Crippen molar-refractivity contribution in [3.63, 3.8) is 0 Å². The Hall–Kier alpha value is -2.15. The van der Waals surface area contributed by atoms with E-state index in [9.17, 15) is 9.59 Å². The van der Waals surface area contributed by atoms with E-state index in [-0.39, 0.29) is 11.3 Å². The summed E-state index contributed by atoms with van der Waals surface area (Å²) in [5.74, 6) is -0.155. The summed E-state index contributed by atoms with van der Waals surface area (Å²) in [5, 5.41) is 16.1. The van der Waals surface area contributed by atoms with Crippen molar-refractivity contribution in [1.29, 1.82) is 0 Å². The zero-order valence-corrected chi connectivity index (χ0v) is 10.9. The fraction of sp³-hybridized carbons (Fsp3) is 0.167. The summed E-state index contributed by atoms with van der Waals surface area (Å²) in [6.45, 7) is 1.50. The molecule has 0 aliphatic rings. The number of ketones is 1. The Labute approximate surface area is 113 Å². The monoisotopic (exact) mass is 277 g/mol. The van der Waals surface area contributed by atoms with E-state index in [2.05, 4.69) is 15.2 Å². The first-order valence-corrected chi connectivity index (χ1v) is 6.43. The minimum Gasteiger partial charge on any atom is -0.478 e. The average Bonchev–Trinajstić information content (AvgIpc) is 2.85. The third-order valence-electron chi connectivity index (χ3n) is 2.25. The van der Waals surface area contributed by atoms with Gasteiger partial charge >= 0.3 is 5.97 Å². The van der Waals surface area contributed by atoms with Gasteiger partial charge in [0.2, 0.25) is 5.16 Å². The van der Waals surface area contributed by atoms with Gasteiger partial charge in [0.1, 0.15) is 5.78 Å². The van der Waals surface area contributed by atoms with Gasteiger partial charge in [0.15, 0.2) is 5.82 Å². The van der Waals surface area contributed by atoms with Crippen molar-refractivity contribution >= 4 is 23.5 Å². The Bertz CT molecular complexity index is 624. The second-order valence-corrected chi connectivity index (χ2v) is 4.79. The number of benzene rings is 1. The van der Waals surface area contributed by atoms with Crippen LogP contribution in [0.15, 0.2) is 29.4 Å². The van der Waals surface area contributed by atoms with Gasteiger partial charge in [-0.15, -0.1) is 5.10 Å². The number of hydrogen-bond acceptors (Lipinski definition) is 5. The smallest absolute Gasteiger partial charge is 0.335 e. The lowest BCUT2D eigenvalue weighted by atomic mass is 10.1. The van der Waals surface area contributed by atoms with E-state index in [0.717, 1.165) is 0 Å². The molecule has 19 heavy (non-hydrogen) atoms. The number of carboxylic acid groups (broad SMARTS) is 1. The molecule has 0 atom stereocenters. The maximum absolute atomic E-state index is 10.9. The first kappa shape index (κ1) is 13.3. The molecule has 0 radical (unpaired) electrons. The zero-order valence-electron chi connectivity index (χ0n) is 10.1. The number of hydrogen-bond donors (Lipinski definition) is 2. The lowest BCUT2D eigenvalue weighted by Crippen LogP contribution is -1.96. The van der Waals surface area contributed by atoms with Gasteiger partial charge in [0.05, 0.1) is 11.3 Å². The molecule has 0 amide bonds. The number of aromatic carboxylic acids is 1. The van der Waals surface area contributed by atoms with Crippen LogP contribution >= 0.6 is 11.8 Å². The van der Waals surface area contributed by atoms with Gasteiger partial charge in [-0.25, -0.2) is 9.78 Å². The van der Waals surface area contributed by atoms with Gasteiger partial charge in [-0.05, 0) is 19.1 Å². The standard InChI is InChI=1S/C12H11N3O3S/c1-7(16)6-19-12-13-10(14-15-12)8-3-2-4-9(5-8)11(17)18/h2-5H,6H2,1H3,(H,17,18)(H,13,14,15). The number of aromatic amines is 1. The third kappa shape index (κ3) is 3.41. The number of thioether (sulfide) groups is 1. The van der Waals surface area contributed by atoms with Crippen molar-refractivity contribution in [2.45, 2.75) is 12.1 Å². The van der Waals surface area contributed by atoms with Crippen LogP contribution in [0.5, 0.6) is 0 Å². The minimum atomic E-state index is -0.993. The Morgan fingerprint density at radius 1 is 1.42 bits per heavy atom. The number of Topliss-reactive ketones (excluding diaryl/α,β-unsaturated/α-hetero) is 1. The number of rotatable bonds is 5. The molecule has 0 aliphatic carbocycles. The van der Waals surface area contributed by atoms with Crippen LogP contribution in [-0.2, 0) is 4.79 Å². The number of nitrogens with zero attached hydrogens (tertiary/aromatic N) is 2. The molecule has 0 fully saturated rings. The summed E-state index contributed by atoms with van der Waals surface area (Å²) in [6, 6.07) is 6.41. The quantitative estimate of drug-likeness (QED) is 0.810. The number of aromatic nitrogens is 3. The molecule has 98 valence electrons. The van der Waals surface area contributed by atoms with Crippen molar-refractivity contribution in [3.8, 4) is 11.4 Å². The molecule has 2 rings (SSSR count). The first-order valence-electron chi connectivity index (χ1n) is 5.44. The topological polar surface area (TPSA) is 95.9 Å². The van der Waals surface area contributed by atoms with Crippen molar-refractivity contribution in [2.75, 3.05) is 5.75 Å². The average molecular weight is 277 g/mol. The predicted octanol–water partition coefficient (Wildman–Crippen LogP) is 1.85. The van der Waals surface area contributed by atoms with E-state index in [1.54, 1.807) is 12.1 Å². The molecule has 1 aromatic carbocycles. The van der Waals surface area contributed by atoms with E-state index < -0.39 is 5.97 Å². The Balaban J connectivity index is 2.20. The number of carboxylic acids is 1. The summed E-state index contributed by atoms with van der Waals surface area (Å²) in [6.07, 6.45) is 0. The molecule has 0 bridgehead atoms. The van der Waals surface area contributed by atoms with Crippen LogP contribution in [-0.4, -0.2) is 37.8 Å². The first-order chi connectivity index (χ1) is 9.06. The van der Waals surface area contributed by atoms with E-state index in [1.807, 2.05) is 0 Å². The van der Waals surface area contributed by atoms with Crippen LogP contribution < -0.4 is 0 Å². The second-order valence-electron chi connectivity index (χ2n) is 3.84. The second kappa shape index (κ2) is 5.66. The van der Waals surface area contributed by atoms with E-state index >= 15 is 0 Å². The zero-order chi connectivity index (χ0) is 13.8. The highest BCUT2D eigenvalue weighted by molar-refractivity contribution is 7.99. The molecule has 1 aromatic heterocycles. The minimum absolute atomic E-state index is 0.0456. The molecule has 0 aliphatic heterocycles. The third-order valence-corrected chi connectivity index (χ3v) is 3.24. The molecule has 2 aromatic rings. The summed E-state index contributed by atoms with van der Waals surface area (Å²) in [4.78, 5) is 25.9. The lowest BCUT2D eigenvalue weighted by molar-refractivity contribution is -0.114. The summed E-state index contributed by atoms with van der Waals surface area (Å²) in [7, 11) is 0. The van der Waals surface area contributed by atoms with Gasteiger partial charge in [-0.3, -0.25) is 9.89 Å². The molecule has 7 heteroatoms. The van der Waals surface area contributed by atoms with E-state index in [0.29, 0.717) is 22.3 Å². The van der Waals surface area contributed by atoms with Crippen LogP contribution in [0.2, 0.25) is 0 Å². The maximum atomic E-state index is 10.9. The summed E-state index contributed by atoms with van der Waals surface area (Å²) >= 11 is 1.24. The number of carbonyl (C=O) groups is 2. The Kier molecular flexibility index (Phi) is 3.96. The van der Waals surface area contributed by atoms with Gasteiger partial charge in [-0.2, -0.15) is 0 Å². The van der Waals surface area contributed by atoms with E-state index in [1.165, 1.54) is 30.8 Å². The van der Waals surface area contributed by atoms with Crippen LogP contribution in [0.3, 0.4) is 0 Å². The molecule has 2 N–H and O–H groups in total. The molecule has 6 nitrogen and oxygen atoms in total. The maximum Gasteiger partial charge on any atom is 0.335 e. The molecular formula is C12H11N3O3S. The lowest BCUT2D eigenvalue weighted by Gasteiger charge is -1.97. The number of H-pyrrole nitrogens is 1. The molecule has 0 saturated heterocycles. The Morgan fingerprint density at radius 2 is 2.21 bits per heavy atom. The fourth-order valence-corrected chi connectivity index (χ4v) is 2.00. The largest absolute Gasteiger partial charge is 0.478 e. The molecule has 0 spiro atoms. The highest BCUT2D eigenvalue weighted by Crippen LogP contribution is 2.20. The fourth-order valence-electron chi connectivity index (χ4n) is 1.41. The highest BCUT2D eigenvalue weighted by Gasteiger charge is 2.09. The Morgan fingerprint density at radius 3 is 2.89 bits per heavy atom. The predicted molar refractivity (Wildman–Crippen MR) is 70.2 cm³/mol. The van der Waals surface area contributed by atoms with Gasteiger partial charge in [-0.1, -0.05) is 23.9 Å². The van der Waals surface area contributed by atoms with Crippen LogP contribution in [0.4, 0.5) is 0 Å². The molecule has 0 saturated carbocycles. The summed E-state index contributed by atoms with van der Waals surface area (Å²) < 4.78 is 0. The van der Waals surface area contributed by atoms with Crippen LogP contribution in [0, 0.1) is 0 Å². The van der Waals surface area contributed by atoms with Crippen molar-refractivity contribution in [2.24, 2.45) is 0 Å². The number of carbonyl (C=O) groups excluding carboxylic acids is 1. The van der Waals surface area contributed by atoms with Gasteiger partial charge < -0.3 is 5.11 Å². The summed E-state index contributed by atoms with van der Waals surface area (Å²) in [5.41, 5.74) is 0.828. The highest BCUT2D eigenvalue weighted by atomic mass is 32.2. The van der Waals surface area contributed by atoms with E-state index in [4.69, 9.17) is 5.11 Å². The van der Waals surface area contributed by atoms with Crippen LogP contribution in [0.1, 0.15) is 17.3 Å². The normalized spacial score (nSPS) is 10.4. The van der Waals surface area contributed by atoms with Crippen molar-refractivity contribution in [3.05, 3.63) is 29.8 Å². The van der Waals surface area contributed by atoms with Gasteiger partial charge in [0.25, 0.3) is 0 Å². The SMILES string of the molecule is CC(=O)CSc1n[nH]c(-c2cccc(C(=O)O)c2)n1. The van der Waals surface area contributed by atoms with Crippen LogP contribution in [0.25, 0.3) is 11.4 Å². The molecule has 1 heterocycles. The molecule has 0 unspecified atom stereocenters. The van der Waals surface area contributed by atoms with Crippen molar-refractivity contribution < 1.29 is 14.7 Å². The van der Waals surface area contributed by atoms with Gasteiger partial charge in [0, 0.05) is 5.56 Å². The van der Waals surface area contributed by atoms with Crippen molar-refractivity contribution in [1.82, 2.24) is 15.2 Å². The number of nitrogens with one attached hydrogen (secondary N) is 1.